The Balaban J connectivity index is 1.91. The van der Waals surface area contributed by atoms with Gasteiger partial charge in [-0.3, -0.25) is 0 Å². The second-order valence-electron chi connectivity index (χ2n) is 9.97. The maximum absolute atomic E-state index is 2.64. The molecule has 5 atom stereocenters. The largest absolute Gasteiger partial charge is 0.237 e. The van der Waals surface area contributed by atoms with Gasteiger partial charge in [0.25, 0.3) is 0 Å². The van der Waals surface area contributed by atoms with Gasteiger partial charge < -0.3 is 0 Å². The van der Waals surface area contributed by atoms with Gasteiger partial charge in [-0.1, -0.05) is 47.5 Å². The van der Waals surface area contributed by atoms with Crippen LogP contribution in [0.2, 0.25) is 0 Å². The second-order valence-corrected chi connectivity index (χ2v) is 13.9. The first-order chi connectivity index (χ1) is 10.3. The van der Waals surface area contributed by atoms with Crippen molar-refractivity contribution in [1.29, 1.82) is 0 Å². The summed E-state index contributed by atoms with van der Waals surface area (Å²) in [6.07, 6.45) is 10.7. The van der Waals surface area contributed by atoms with Gasteiger partial charge in [0, 0.05) is 0 Å². The van der Waals surface area contributed by atoms with Crippen LogP contribution in [0.5, 0.6) is 0 Å². The number of rotatable bonds is 0. The van der Waals surface area contributed by atoms with Crippen LogP contribution in [-0.4, -0.2) is 22.5 Å². The lowest BCUT2D eigenvalue weighted by Gasteiger charge is -2.60. The Hall–Kier alpha value is 0.350. The summed E-state index contributed by atoms with van der Waals surface area (Å²) in [5.41, 5.74) is 0.605. The van der Waals surface area contributed by atoms with E-state index in [-0.39, 0.29) is 10.0 Å². The Morgan fingerprint density at radius 3 is 2.18 bits per heavy atom. The van der Waals surface area contributed by atoms with Crippen molar-refractivity contribution in [2.75, 3.05) is 17.3 Å². The maximum Gasteiger partial charge on any atom is -0.00828 e. The summed E-state index contributed by atoms with van der Waals surface area (Å²) in [5, 5.41) is 1.11. The van der Waals surface area contributed by atoms with Crippen LogP contribution in [0.1, 0.15) is 79.6 Å². The lowest BCUT2D eigenvalue weighted by Crippen LogP contribution is -2.48. The van der Waals surface area contributed by atoms with E-state index in [1.807, 2.05) is 0 Å². The summed E-state index contributed by atoms with van der Waals surface area (Å²) >= 11 is 0. The van der Waals surface area contributed by atoms with E-state index in [9.17, 15) is 0 Å². The molecule has 1 aliphatic carbocycles. The molecular formula is C21H40S. The van der Waals surface area contributed by atoms with Gasteiger partial charge in [-0.2, -0.15) is 0 Å². The molecule has 3 fully saturated rings. The molecule has 5 unspecified atom stereocenters. The normalized spacial score (nSPS) is 46.3. The first kappa shape index (κ1) is 17.2. The van der Waals surface area contributed by atoms with Crippen molar-refractivity contribution >= 4 is 10.0 Å². The summed E-state index contributed by atoms with van der Waals surface area (Å²) < 4.78 is 0. The van der Waals surface area contributed by atoms with Crippen molar-refractivity contribution < 1.29 is 0 Å². The van der Waals surface area contributed by atoms with Crippen molar-refractivity contribution in [3.05, 3.63) is 0 Å². The highest BCUT2D eigenvalue weighted by atomic mass is 32.3. The van der Waals surface area contributed by atoms with Gasteiger partial charge in [0.05, 0.1) is 0 Å². The van der Waals surface area contributed by atoms with Crippen LogP contribution >= 0.6 is 10.0 Å². The predicted molar refractivity (Wildman–Crippen MR) is 103 cm³/mol. The third kappa shape index (κ3) is 3.13. The molecule has 0 radical (unpaired) electrons. The van der Waals surface area contributed by atoms with E-state index < -0.39 is 0 Å². The minimum Gasteiger partial charge on any atom is -0.237 e. The summed E-state index contributed by atoms with van der Waals surface area (Å²) in [4.78, 5) is 0. The van der Waals surface area contributed by atoms with Crippen LogP contribution in [-0.2, 0) is 0 Å². The Bertz CT molecular complexity index is 379. The summed E-state index contributed by atoms with van der Waals surface area (Å²) in [5.74, 6) is 8.74. The fraction of sp³-hybridized carbons (Fsp3) is 1.00. The lowest BCUT2D eigenvalue weighted by molar-refractivity contribution is 0.117. The number of fused-ring (bicyclic) bond motifs is 3. The van der Waals surface area contributed by atoms with Gasteiger partial charge >= 0.3 is 0 Å². The van der Waals surface area contributed by atoms with Crippen molar-refractivity contribution in [2.45, 2.75) is 84.8 Å². The van der Waals surface area contributed by atoms with Crippen LogP contribution in [0.25, 0.3) is 0 Å². The van der Waals surface area contributed by atoms with Gasteiger partial charge in [0.2, 0.25) is 0 Å². The summed E-state index contributed by atoms with van der Waals surface area (Å²) in [7, 11) is -0.296. The molecule has 3 rings (SSSR count). The molecule has 0 aromatic rings. The van der Waals surface area contributed by atoms with Crippen molar-refractivity contribution in [3.8, 4) is 0 Å². The fourth-order valence-electron chi connectivity index (χ4n) is 6.68. The minimum atomic E-state index is -0.296. The van der Waals surface area contributed by atoms with E-state index in [2.05, 4.69) is 34.6 Å². The average molecular weight is 325 g/mol. The smallest absolute Gasteiger partial charge is 0.00828 e. The molecule has 0 nitrogen and oxygen atoms in total. The lowest BCUT2D eigenvalue weighted by atomic mass is 9.67. The van der Waals surface area contributed by atoms with Gasteiger partial charge in [-0.15, -0.1) is 0 Å². The van der Waals surface area contributed by atoms with E-state index in [1.165, 1.54) is 25.7 Å². The molecule has 0 amide bonds. The molecule has 1 spiro atoms. The van der Waals surface area contributed by atoms with Gasteiger partial charge in [-0.05, 0) is 83.7 Å². The molecule has 2 saturated heterocycles. The molecule has 22 heavy (non-hydrogen) atoms. The molecule has 2 aliphatic heterocycles. The Labute approximate surface area is 141 Å². The molecule has 2 bridgehead atoms. The van der Waals surface area contributed by atoms with E-state index in [0.717, 1.165) is 28.9 Å². The molecule has 1 heteroatoms. The topological polar surface area (TPSA) is 0 Å². The zero-order valence-corrected chi connectivity index (χ0v) is 16.7. The third-order valence-corrected chi connectivity index (χ3v) is 13.1. The first-order valence-electron chi connectivity index (χ1n) is 10.1. The van der Waals surface area contributed by atoms with Gasteiger partial charge in [0.1, 0.15) is 0 Å². The van der Waals surface area contributed by atoms with E-state index in [4.69, 9.17) is 0 Å². The predicted octanol–water partition coefficient (Wildman–Crippen LogP) is 6.48. The van der Waals surface area contributed by atoms with E-state index >= 15 is 0 Å². The van der Waals surface area contributed by atoms with Crippen molar-refractivity contribution in [1.82, 2.24) is 0 Å². The molecular weight excluding hydrogens is 284 g/mol. The van der Waals surface area contributed by atoms with Gasteiger partial charge in [-0.25, -0.2) is 10.0 Å². The molecule has 0 N–H and O–H groups in total. The summed E-state index contributed by atoms with van der Waals surface area (Å²) in [6.45, 7) is 13.0. The highest BCUT2D eigenvalue weighted by molar-refractivity contribution is 8.34. The molecule has 2 heterocycles. The monoisotopic (exact) mass is 324 g/mol. The van der Waals surface area contributed by atoms with Crippen molar-refractivity contribution in [2.24, 2.45) is 29.1 Å². The van der Waals surface area contributed by atoms with Crippen LogP contribution in [0.4, 0.5) is 0 Å². The second kappa shape index (κ2) is 6.34. The SMILES string of the molecule is CC1CCCC(C)C2CC(C(C)C1)C(C)(C)CS21CCCC1. The Morgan fingerprint density at radius 1 is 0.818 bits per heavy atom. The fourth-order valence-corrected chi connectivity index (χ4v) is 13.0. The van der Waals surface area contributed by atoms with Crippen LogP contribution in [0.3, 0.4) is 0 Å². The molecule has 3 aliphatic rings. The van der Waals surface area contributed by atoms with E-state index in [0.29, 0.717) is 5.41 Å². The van der Waals surface area contributed by atoms with Gasteiger partial charge in [0.15, 0.2) is 0 Å². The quantitative estimate of drug-likeness (QED) is 0.478. The van der Waals surface area contributed by atoms with Crippen LogP contribution < -0.4 is 0 Å². The third-order valence-electron chi connectivity index (χ3n) is 7.60. The first-order valence-corrected chi connectivity index (χ1v) is 12.3. The minimum absolute atomic E-state index is 0.296. The number of hydrogen-bond donors (Lipinski definition) is 0. The maximum atomic E-state index is 2.64. The highest BCUT2D eigenvalue weighted by Gasteiger charge is 2.51. The Kier molecular flexibility index (Phi) is 4.95. The number of hydrogen-bond acceptors (Lipinski definition) is 0. The zero-order valence-electron chi connectivity index (χ0n) is 15.9. The molecule has 0 aromatic carbocycles. The highest BCUT2D eigenvalue weighted by Crippen LogP contribution is 2.69. The molecule has 1 saturated carbocycles. The van der Waals surface area contributed by atoms with E-state index in [1.54, 1.807) is 36.5 Å². The Morgan fingerprint density at radius 2 is 1.50 bits per heavy atom. The van der Waals surface area contributed by atoms with Crippen LogP contribution in [0.15, 0.2) is 0 Å². The van der Waals surface area contributed by atoms with Crippen LogP contribution in [0, 0.1) is 29.1 Å². The van der Waals surface area contributed by atoms with Crippen molar-refractivity contribution in [3.63, 3.8) is 0 Å². The standard InChI is InChI=1S/C21H40S/c1-16-9-8-10-17(2)20-14-19(18(3)13-16)21(4,5)15-22(20)11-6-7-12-22/h16-20H,6-15H2,1-5H3. The summed E-state index contributed by atoms with van der Waals surface area (Å²) in [6, 6.07) is 0. The zero-order chi connectivity index (χ0) is 16.0. The average Bonchev–Trinajstić information content (AvgIpc) is 2.85. The molecule has 0 aromatic heterocycles. The molecule has 130 valence electrons.